The first-order valence-electron chi connectivity index (χ1n) is 7.37. The van der Waals surface area contributed by atoms with Crippen LogP contribution in [0, 0.1) is 0 Å². The molecule has 0 atom stereocenters. The van der Waals surface area contributed by atoms with Gasteiger partial charge >= 0.3 is 6.03 Å². The Morgan fingerprint density at radius 2 is 1.81 bits per heavy atom. The van der Waals surface area contributed by atoms with Crippen LogP contribution >= 0.6 is 0 Å². The van der Waals surface area contributed by atoms with Crippen LogP contribution in [0.3, 0.4) is 0 Å². The summed E-state index contributed by atoms with van der Waals surface area (Å²) in [5.74, 6) is 0.00365. The quantitative estimate of drug-likeness (QED) is 0.717. The Bertz CT molecular complexity index is 352. The zero-order valence-corrected chi connectivity index (χ0v) is 13.6. The van der Waals surface area contributed by atoms with Gasteiger partial charge in [0, 0.05) is 52.2 Å². The summed E-state index contributed by atoms with van der Waals surface area (Å²) >= 11 is 0. The predicted octanol–water partition coefficient (Wildman–Crippen LogP) is -0.125. The minimum Gasteiger partial charge on any atom is -0.379 e. The van der Waals surface area contributed by atoms with E-state index in [4.69, 9.17) is 4.74 Å². The third kappa shape index (κ3) is 6.31. The smallest absolute Gasteiger partial charge is 0.314 e. The molecular weight excluding hydrogens is 272 g/mol. The lowest BCUT2D eigenvalue weighted by atomic mass is 10.0. The number of carbonyl (C=O) groups is 2. The molecule has 0 unspecified atom stereocenters. The van der Waals surface area contributed by atoms with E-state index in [0.29, 0.717) is 19.5 Å². The Hall–Kier alpha value is -1.34. The van der Waals surface area contributed by atoms with Crippen LogP contribution in [-0.2, 0) is 9.53 Å². The van der Waals surface area contributed by atoms with Gasteiger partial charge in [-0.25, -0.2) is 4.79 Å². The summed E-state index contributed by atoms with van der Waals surface area (Å²) in [5, 5.41) is 5.57. The van der Waals surface area contributed by atoms with E-state index in [0.717, 1.165) is 26.3 Å². The minimum absolute atomic E-state index is 0.00365. The molecule has 0 aromatic rings. The standard InChI is InChI=1S/C14H28N4O3/c1-14(2,18-7-9-21-10-8-18)11-16-13(20)15-6-5-12(19)17(3)4/h5-11H2,1-4H3,(H2,15,16,20). The van der Waals surface area contributed by atoms with Crippen LogP contribution in [0.15, 0.2) is 0 Å². The largest absolute Gasteiger partial charge is 0.379 e. The average Bonchev–Trinajstić information content (AvgIpc) is 2.46. The van der Waals surface area contributed by atoms with Crippen LogP contribution in [0.5, 0.6) is 0 Å². The second kappa shape index (κ2) is 8.19. The Labute approximate surface area is 127 Å². The fourth-order valence-corrected chi connectivity index (χ4v) is 2.15. The van der Waals surface area contributed by atoms with Crippen molar-refractivity contribution in [3.63, 3.8) is 0 Å². The molecule has 1 rings (SSSR count). The van der Waals surface area contributed by atoms with Crippen molar-refractivity contribution in [2.75, 3.05) is 53.5 Å². The van der Waals surface area contributed by atoms with Gasteiger partial charge in [0.1, 0.15) is 0 Å². The Balaban J connectivity index is 2.23. The number of nitrogens with zero attached hydrogens (tertiary/aromatic N) is 2. The number of rotatable bonds is 6. The molecule has 21 heavy (non-hydrogen) atoms. The Morgan fingerprint density at radius 3 is 2.38 bits per heavy atom. The molecule has 122 valence electrons. The SMILES string of the molecule is CN(C)C(=O)CCNC(=O)NCC(C)(C)N1CCOCC1. The van der Waals surface area contributed by atoms with Crippen molar-refractivity contribution in [2.24, 2.45) is 0 Å². The maximum absolute atomic E-state index is 11.7. The van der Waals surface area contributed by atoms with E-state index in [1.807, 2.05) is 0 Å². The summed E-state index contributed by atoms with van der Waals surface area (Å²) in [5.41, 5.74) is -0.111. The molecule has 7 heteroatoms. The minimum atomic E-state index is -0.233. The molecule has 0 aromatic carbocycles. The van der Waals surface area contributed by atoms with Crippen LogP contribution in [0.1, 0.15) is 20.3 Å². The monoisotopic (exact) mass is 300 g/mol. The normalized spacial score (nSPS) is 16.4. The molecule has 1 aliphatic heterocycles. The van der Waals surface area contributed by atoms with Crippen molar-refractivity contribution in [1.82, 2.24) is 20.4 Å². The average molecular weight is 300 g/mol. The van der Waals surface area contributed by atoms with Gasteiger partial charge < -0.3 is 20.3 Å². The van der Waals surface area contributed by atoms with E-state index in [2.05, 4.69) is 29.4 Å². The van der Waals surface area contributed by atoms with Crippen molar-refractivity contribution >= 4 is 11.9 Å². The second-order valence-electron chi connectivity index (χ2n) is 6.06. The van der Waals surface area contributed by atoms with Crippen molar-refractivity contribution < 1.29 is 14.3 Å². The van der Waals surface area contributed by atoms with Crippen LogP contribution in [0.4, 0.5) is 4.79 Å². The summed E-state index contributed by atoms with van der Waals surface area (Å²) in [6.45, 7) is 8.36. The van der Waals surface area contributed by atoms with Crippen molar-refractivity contribution in [3.05, 3.63) is 0 Å². The zero-order chi connectivity index (χ0) is 15.9. The van der Waals surface area contributed by atoms with Crippen LogP contribution in [0.2, 0.25) is 0 Å². The molecule has 0 aliphatic carbocycles. The number of urea groups is 1. The number of morpholine rings is 1. The van der Waals surface area contributed by atoms with Gasteiger partial charge in [0.2, 0.25) is 5.91 Å². The topological polar surface area (TPSA) is 73.9 Å². The van der Waals surface area contributed by atoms with Gasteiger partial charge in [0.25, 0.3) is 0 Å². The molecule has 0 bridgehead atoms. The van der Waals surface area contributed by atoms with E-state index in [9.17, 15) is 9.59 Å². The zero-order valence-electron chi connectivity index (χ0n) is 13.6. The number of hydrogen-bond donors (Lipinski definition) is 2. The molecule has 0 aromatic heterocycles. The molecule has 0 radical (unpaired) electrons. The lowest BCUT2D eigenvalue weighted by Crippen LogP contribution is -2.56. The first-order chi connectivity index (χ1) is 9.83. The van der Waals surface area contributed by atoms with Gasteiger partial charge in [-0.1, -0.05) is 0 Å². The van der Waals surface area contributed by atoms with Gasteiger partial charge in [-0.15, -0.1) is 0 Å². The van der Waals surface area contributed by atoms with E-state index in [1.54, 1.807) is 14.1 Å². The number of nitrogens with one attached hydrogen (secondary N) is 2. The molecule has 7 nitrogen and oxygen atoms in total. The highest BCUT2D eigenvalue weighted by atomic mass is 16.5. The second-order valence-corrected chi connectivity index (χ2v) is 6.06. The van der Waals surface area contributed by atoms with Crippen molar-refractivity contribution in [2.45, 2.75) is 25.8 Å². The Kier molecular flexibility index (Phi) is 6.91. The lowest BCUT2D eigenvalue weighted by Gasteiger charge is -2.40. The van der Waals surface area contributed by atoms with Gasteiger partial charge in [0.15, 0.2) is 0 Å². The molecule has 2 N–H and O–H groups in total. The van der Waals surface area contributed by atoms with Crippen molar-refractivity contribution in [1.29, 1.82) is 0 Å². The van der Waals surface area contributed by atoms with E-state index in [1.165, 1.54) is 4.90 Å². The van der Waals surface area contributed by atoms with Crippen LogP contribution in [-0.4, -0.2) is 80.8 Å². The highest BCUT2D eigenvalue weighted by Crippen LogP contribution is 2.14. The van der Waals surface area contributed by atoms with Gasteiger partial charge in [-0.05, 0) is 13.8 Å². The summed E-state index contributed by atoms with van der Waals surface area (Å²) in [6.07, 6.45) is 0.313. The molecule has 1 saturated heterocycles. The fraction of sp³-hybridized carbons (Fsp3) is 0.857. The third-order valence-electron chi connectivity index (χ3n) is 3.67. The van der Waals surface area contributed by atoms with Crippen LogP contribution < -0.4 is 10.6 Å². The van der Waals surface area contributed by atoms with Gasteiger partial charge in [-0.3, -0.25) is 9.69 Å². The molecule has 1 heterocycles. The Morgan fingerprint density at radius 1 is 1.19 bits per heavy atom. The predicted molar refractivity (Wildman–Crippen MR) is 81.2 cm³/mol. The van der Waals surface area contributed by atoms with E-state index in [-0.39, 0.29) is 17.5 Å². The molecule has 3 amide bonds. The molecule has 0 saturated carbocycles. The number of hydrogen-bond acceptors (Lipinski definition) is 4. The fourth-order valence-electron chi connectivity index (χ4n) is 2.15. The van der Waals surface area contributed by atoms with E-state index < -0.39 is 0 Å². The highest BCUT2D eigenvalue weighted by molar-refractivity contribution is 5.77. The summed E-state index contributed by atoms with van der Waals surface area (Å²) in [4.78, 5) is 26.9. The lowest BCUT2D eigenvalue weighted by molar-refractivity contribution is -0.128. The molecule has 1 aliphatic rings. The number of carbonyl (C=O) groups excluding carboxylic acids is 2. The molecule has 1 fully saturated rings. The van der Waals surface area contributed by atoms with Crippen LogP contribution in [0.25, 0.3) is 0 Å². The summed E-state index contributed by atoms with van der Waals surface area (Å²) < 4.78 is 5.34. The van der Waals surface area contributed by atoms with Gasteiger partial charge in [-0.2, -0.15) is 0 Å². The maximum Gasteiger partial charge on any atom is 0.314 e. The number of ether oxygens (including phenoxy) is 1. The van der Waals surface area contributed by atoms with E-state index >= 15 is 0 Å². The third-order valence-corrected chi connectivity index (χ3v) is 3.67. The molecule has 0 spiro atoms. The van der Waals surface area contributed by atoms with Crippen molar-refractivity contribution in [3.8, 4) is 0 Å². The highest BCUT2D eigenvalue weighted by Gasteiger charge is 2.28. The molecular formula is C14H28N4O3. The first kappa shape index (κ1) is 17.7. The van der Waals surface area contributed by atoms with Gasteiger partial charge in [0.05, 0.1) is 13.2 Å². The maximum atomic E-state index is 11.7. The number of amides is 3. The summed E-state index contributed by atoms with van der Waals surface area (Å²) in [7, 11) is 3.40. The summed E-state index contributed by atoms with van der Waals surface area (Å²) in [6, 6.07) is -0.233. The first-order valence-corrected chi connectivity index (χ1v) is 7.37.